The molecule has 4 rings (SSSR count). The van der Waals surface area contributed by atoms with Crippen molar-refractivity contribution < 1.29 is 0 Å². The highest BCUT2D eigenvalue weighted by Crippen LogP contribution is 2.42. The van der Waals surface area contributed by atoms with Gasteiger partial charge in [-0.1, -0.05) is 37.8 Å². The van der Waals surface area contributed by atoms with Gasteiger partial charge in [-0.2, -0.15) is 0 Å². The third-order valence-electron chi connectivity index (χ3n) is 8.96. The first-order valence-corrected chi connectivity index (χ1v) is 12.8. The first-order chi connectivity index (χ1) is 13.6. The van der Waals surface area contributed by atoms with E-state index in [-0.39, 0.29) is 5.54 Å². The van der Waals surface area contributed by atoms with Gasteiger partial charge < -0.3 is 5.73 Å². The molecule has 0 spiro atoms. The van der Waals surface area contributed by atoms with Crippen LogP contribution in [-0.4, -0.2) is 5.54 Å². The molecule has 1 heteroatoms. The van der Waals surface area contributed by atoms with Crippen LogP contribution in [-0.2, 0) is 0 Å². The lowest BCUT2D eigenvalue weighted by Crippen LogP contribution is -2.41. The van der Waals surface area contributed by atoms with E-state index in [2.05, 4.69) is 19.1 Å². The van der Waals surface area contributed by atoms with Crippen LogP contribution in [0.25, 0.3) is 0 Å². The molecule has 0 amide bonds. The maximum atomic E-state index is 6.40. The van der Waals surface area contributed by atoms with E-state index in [1.54, 1.807) is 11.1 Å². The molecule has 0 aliphatic heterocycles. The number of rotatable bonds is 2. The highest BCUT2D eigenvalue weighted by molar-refractivity contribution is 5.32. The molecule has 2 saturated carbocycles. The van der Waals surface area contributed by atoms with Crippen LogP contribution in [0.3, 0.4) is 0 Å². The van der Waals surface area contributed by atoms with Crippen molar-refractivity contribution in [3.8, 4) is 0 Å². The number of hydrogen-bond donors (Lipinski definition) is 1. The highest BCUT2D eigenvalue weighted by Gasteiger charge is 2.32. The zero-order valence-electron chi connectivity index (χ0n) is 18.6. The van der Waals surface area contributed by atoms with Gasteiger partial charge >= 0.3 is 0 Å². The van der Waals surface area contributed by atoms with Gasteiger partial charge in [0.1, 0.15) is 0 Å². The van der Waals surface area contributed by atoms with Crippen molar-refractivity contribution in [3.63, 3.8) is 0 Å². The van der Waals surface area contributed by atoms with E-state index in [0.717, 1.165) is 23.7 Å². The minimum Gasteiger partial charge on any atom is -0.325 e. The van der Waals surface area contributed by atoms with Crippen LogP contribution >= 0.6 is 0 Å². The molecule has 0 saturated heterocycles. The molecular weight excluding hydrogens is 338 g/mol. The van der Waals surface area contributed by atoms with Crippen LogP contribution in [0.2, 0.25) is 0 Å². The second kappa shape index (κ2) is 9.50. The van der Waals surface area contributed by atoms with Gasteiger partial charge in [0.15, 0.2) is 0 Å². The first-order valence-electron chi connectivity index (χ1n) is 12.8. The van der Waals surface area contributed by atoms with E-state index >= 15 is 0 Å². The topological polar surface area (TPSA) is 26.0 Å². The zero-order valence-corrected chi connectivity index (χ0v) is 18.6. The molecule has 4 aliphatic carbocycles. The van der Waals surface area contributed by atoms with Gasteiger partial charge in [-0.05, 0) is 125 Å². The van der Waals surface area contributed by atoms with Crippen molar-refractivity contribution in [2.45, 2.75) is 122 Å². The molecular formula is C27H45N. The summed E-state index contributed by atoms with van der Waals surface area (Å²) >= 11 is 0. The van der Waals surface area contributed by atoms with E-state index in [0.29, 0.717) is 0 Å². The summed E-state index contributed by atoms with van der Waals surface area (Å²) < 4.78 is 0. The van der Waals surface area contributed by atoms with Crippen LogP contribution in [0.1, 0.15) is 116 Å². The standard InChI is InChI=1S/C27H45N/c1-27(28)19-17-26(18-20-27)25-14-6-12-23-11-4-9-22(21-7-2-3-8-21)10-5-13-24(23)15-16-25/h11,15,21-22,25-26H,2-10,12-14,16-20,28H2,1H3. The summed E-state index contributed by atoms with van der Waals surface area (Å²) in [6.45, 7) is 2.26. The number of allylic oxidation sites excluding steroid dienone is 4. The van der Waals surface area contributed by atoms with Crippen molar-refractivity contribution in [1.29, 1.82) is 0 Å². The predicted octanol–water partition coefficient (Wildman–Crippen LogP) is 7.71. The third kappa shape index (κ3) is 5.32. The second-order valence-corrected chi connectivity index (χ2v) is 11.1. The van der Waals surface area contributed by atoms with E-state index < -0.39 is 0 Å². The Morgan fingerprint density at radius 3 is 1.93 bits per heavy atom. The van der Waals surface area contributed by atoms with E-state index in [1.165, 1.54) is 109 Å². The summed E-state index contributed by atoms with van der Waals surface area (Å²) in [4.78, 5) is 0. The minimum absolute atomic E-state index is 0.111. The summed E-state index contributed by atoms with van der Waals surface area (Å²) in [7, 11) is 0. The molecule has 0 radical (unpaired) electrons. The lowest BCUT2D eigenvalue weighted by atomic mass is 9.70. The lowest BCUT2D eigenvalue weighted by molar-refractivity contribution is 0.181. The molecule has 2 unspecified atom stereocenters. The smallest absolute Gasteiger partial charge is 0.0126 e. The molecule has 0 bridgehead atoms. The van der Waals surface area contributed by atoms with E-state index in [9.17, 15) is 0 Å². The van der Waals surface area contributed by atoms with Crippen molar-refractivity contribution in [2.24, 2.45) is 29.4 Å². The normalized spacial score (nSPS) is 38.9. The lowest BCUT2D eigenvalue weighted by Gasteiger charge is -2.38. The second-order valence-electron chi connectivity index (χ2n) is 11.1. The Bertz CT molecular complexity index is 553. The van der Waals surface area contributed by atoms with Gasteiger partial charge in [0, 0.05) is 5.54 Å². The Kier molecular flexibility index (Phi) is 7.02. The van der Waals surface area contributed by atoms with Crippen LogP contribution in [0.5, 0.6) is 0 Å². The zero-order chi connectivity index (χ0) is 19.4. The molecule has 0 aromatic carbocycles. The van der Waals surface area contributed by atoms with Gasteiger partial charge in [0.25, 0.3) is 0 Å². The number of hydrogen-bond acceptors (Lipinski definition) is 1. The van der Waals surface area contributed by atoms with Crippen molar-refractivity contribution in [3.05, 3.63) is 23.3 Å². The molecule has 2 fully saturated rings. The summed E-state index contributed by atoms with van der Waals surface area (Å²) in [5, 5.41) is 0. The molecule has 2 N–H and O–H groups in total. The van der Waals surface area contributed by atoms with Crippen LogP contribution < -0.4 is 5.73 Å². The summed E-state index contributed by atoms with van der Waals surface area (Å²) in [5.41, 5.74) is 9.99. The molecule has 1 nitrogen and oxygen atoms in total. The fourth-order valence-corrected chi connectivity index (χ4v) is 7.02. The molecule has 0 aromatic rings. The Balaban J connectivity index is 1.38. The third-order valence-corrected chi connectivity index (χ3v) is 8.96. The largest absolute Gasteiger partial charge is 0.325 e. The number of fused-ring (bicyclic) bond motifs is 1. The Morgan fingerprint density at radius 2 is 1.21 bits per heavy atom. The molecule has 0 aromatic heterocycles. The molecule has 28 heavy (non-hydrogen) atoms. The number of nitrogens with two attached hydrogens (primary N) is 1. The van der Waals surface area contributed by atoms with E-state index in [1.807, 2.05) is 0 Å². The summed E-state index contributed by atoms with van der Waals surface area (Å²) in [6.07, 6.45) is 29.2. The molecule has 4 aliphatic rings. The van der Waals surface area contributed by atoms with Crippen LogP contribution in [0.4, 0.5) is 0 Å². The summed E-state index contributed by atoms with van der Waals surface area (Å²) in [6, 6.07) is 0. The Morgan fingerprint density at radius 1 is 0.679 bits per heavy atom. The average Bonchev–Trinajstić information content (AvgIpc) is 3.20. The SMILES string of the molecule is CC1(N)CCC(C2CC=C3CCCC(C4CCCC4)CCC=C3CCC2)CC1. The first kappa shape index (κ1) is 20.7. The van der Waals surface area contributed by atoms with Crippen LogP contribution in [0, 0.1) is 23.7 Å². The van der Waals surface area contributed by atoms with E-state index in [4.69, 9.17) is 5.73 Å². The van der Waals surface area contributed by atoms with Gasteiger partial charge in [0.05, 0.1) is 0 Å². The molecule has 158 valence electrons. The minimum atomic E-state index is 0.111. The highest BCUT2D eigenvalue weighted by atomic mass is 14.7. The monoisotopic (exact) mass is 383 g/mol. The quantitative estimate of drug-likeness (QED) is 0.519. The van der Waals surface area contributed by atoms with Gasteiger partial charge in [-0.15, -0.1) is 0 Å². The molecule has 2 atom stereocenters. The fraction of sp³-hybridized carbons (Fsp3) is 0.852. The molecule has 0 heterocycles. The average molecular weight is 384 g/mol. The predicted molar refractivity (Wildman–Crippen MR) is 121 cm³/mol. The van der Waals surface area contributed by atoms with Crippen LogP contribution in [0.15, 0.2) is 23.3 Å². The van der Waals surface area contributed by atoms with Crippen molar-refractivity contribution in [2.75, 3.05) is 0 Å². The van der Waals surface area contributed by atoms with Gasteiger partial charge in [0.2, 0.25) is 0 Å². The maximum absolute atomic E-state index is 6.40. The van der Waals surface area contributed by atoms with Crippen molar-refractivity contribution >= 4 is 0 Å². The maximum Gasteiger partial charge on any atom is 0.0126 e. The summed E-state index contributed by atoms with van der Waals surface area (Å²) in [5.74, 6) is 3.93. The Labute approximate surface area is 174 Å². The Hall–Kier alpha value is -0.560. The van der Waals surface area contributed by atoms with Crippen molar-refractivity contribution in [1.82, 2.24) is 0 Å². The fourth-order valence-electron chi connectivity index (χ4n) is 7.02. The van der Waals surface area contributed by atoms with Gasteiger partial charge in [-0.25, -0.2) is 0 Å². The van der Waals surface area contributed by atoms with Gasteiger partial charge in [-0.3, -0.25) is 0 Å².